The second kappa shape index (κ2) is 11.0. The third-order valence-corrected chi connectivity index (χ3v) is 4.66. The van der Waals surface area contributed by atoms with Gasteiger partial charge in [-0.1, -0.05) is 50.1 Å². The predicted octanol–water partition coefficient (Wildman–Crippen LogP) is 2.11. The van der Waals surface area contributed by atoms with Crippen molar-refractivity contribution in [2.45, 2.75) is 45.6 Å². The van der Waals surface area contributed by atoms with Crippen molar-refractivity contribution in [2.75, 3.05) is 6.61 Å². The molecular weight excluding hydrogens is 374 g/mol. The number of amides is 4. The first-order chi connectivity index (χ1) is 13.8. The highest BCUT2D eigenvalue weighted by atomic mass is 16.5. The van der Waals surface area contributed by atoms with E-state index in [2.05, 4.69) is 22.9 Å². The van der Waals surface area contributed by atoms with Gasteiger partial charge in [0.05, 0.1) is 0 Å². The van der Waals surface area contributed by atoms with Crippen molar-refractivity contribution < 1.29 is 23.9 Å². The second-order valence-corrected chi connectivity index (χ2v) is 7.12. The number of urea groups is 1. The molecule has 8 heteroatoms. The molecule has 8 nitrogen and oxygen atoms in total. The van der Waals surface area contributed by atoms with Crippen LogP contribution in [0.3, 0.4) is 0 Å². The number of ether oxygens (including phenoxy) is 1. The number of esters is 1. The normalized spacial score (nSPS) is 19.0. The number of benzene rings is 1. The summed E-state index contributed by atoms with van der Waals surface area (Å²) < 4.78 is 4.94. The Kier molecular flexibility index (Phi) is 8.39. The van der Waals surface area contributed by atoms with Gasteiger partial charge in [-0.3, -0.25) is 14.9 Å². The Labute approximate surface area is 170 Å². The van der Waals surface area contributed by atoms with Crippen LogP contribution in [0, 0.1) is 5.92 Å². The van der Waals surface area contributed by atoms with E-state index in [0.717, 1.165) is 25.7 Å². The molecule has 0 spiro atoms. The molecule has 0 aliphatic heterocycles. The summed E-state index contributed by atoms with van der Waals surface area (Å²) in [5.41, 5.74) is 0.579. The van der Waals surface area contributed by atoms with Crippen molar-refractivity contribution in [1.82, 2.24) is 16.0 Å². The van der Waals surface area contributed by atoms with Crippen molar-refractivity contribution in [3.63, 3.8) is 0 Å². The molecule has 3 N–H and O–H groups in total. The van der Waals surface area contributed by atoms with E-state index in [0.29, 0.717) is 11.5 Å². The van der Waals surface area contributed by atoms with Gasteiger partial charge in [-0.2, -0.15) is 0 Å². The largest absolute Gasteiger partial charge is 0.451 e. The van der Waals surface area contributed by atoms with E-state index in [-0.39, 0.29) is 11.7 Å². The van der Waals surface area contributed by atoms with Crippen molar-refractivity contribution in [2.24, 2.45) is 5.92 Å². The topological polar surface area (TPSA) is 114 Å². The van der Waals surface area contributed by atoms with Crippen molar-refractivity contribution >= 4 is 29.9 Å². The first-order valence-corrected chi connectivity index (χ1v) is 9.67. The molecule has 0 bridgehead atoms. The summed E-state index contributed by atoms with van der Waals surface area (Å²) in [6.07, 6.45) is 5.54. The van der Waals surface area contributed by atoms with E-state index in [4.69, 9.17) is 4.74 Å². The Morgan fingerprint density at radius 2 is 1.76 bits per heavy atom. The van der Waals surface area contributed by atoms with Crippen molar-refractivity contribution in [3.05, 3.63) is 41.6 Å². The van der Waals surface area contributed by atoms with E-state index >= 15 is 0 Å². The maximum absolute atomic E-state index is 12.2. The minimum absolute atomic E-state index is 0.0271. The van der Waals surface area contributed by atoms with Gasteiger partial charge in [0.15, 0.2) is 6.61 Å². The quantitative estimate of drug-likeness (QED) is 0.499. The molecule has 4 amide bonds. The Morgan fingerprint density at radius 3 is 2.41 bits per heavy atom. The minimum atomic E-state index is -0.875. The molecule has 1 aromatic rings. The van der Waals surface area contributed by atoms with Crippen molar-refractivity contribution in [1.29, 1.82) is 0 Å². The molecule has 1 saturated carbocycles. The molecule has 1 aliphatic rings. The standard InChI is InChI=1S/C21H27N3O5/c1-14-8-6-7-11-17(14)23-21(28)24-19(26)13-29-20(27)18(22-15(2)25)12-16-9-4-3-5-10-16/h3-5,9-10,12,14,17H,6-8,11,13H2,1-2H3,(H,22,25)(H2,23,24,26,28)/b18-12-/t14-,17-/m0/s1. The van der Waals surface area contributed by atoms with E-state index in [1.54, 1.807) is 24.3 Å². The number of carbonyl (C=O) groups is 4. The molecule has 0 radical (unpaired) electrons. The first-order valence-electron chi connectivity index (χ1n) is 9.67. The average molecular weight is 401 g/mol. The van der Waals surface area contributed by atoms with Crippen LogP contribution in [0.1, 0.15) is 45.1 Å². The van der Waals surface area contributed by atoms with Gasteiger partial charge in [0, 0.05) is 13.0 Å². The number of carbonyl (C=O) groups excluding carboxylic acids is 4. The fourth-order valence-corrected chi connectivity index (χ4v) is 3.16. The molecule has 0 unspecified atom stereocenters. The third-order valence-electron chi connectivity index (χ3n) is 4.66. The van der Waals surface area contributed by atoms with Gasteiger partial charge in [-0.25, -0.2) is 9.59 Å². The SMILES string of the molecule is CC(=O)N/C(=C\c1ccccc1)C(=O)OCC(=O)NC(=O)N[C@H]1CCCC[C@@H]1C. The lowest BCUT2D eigenvalue weighted by Gasteiger charge is -2.29. The molecule has 1 fully saturated rings. The predicted molar refractivity (Wildman–Crippen MR) is 107 cm³/mol. The van der Waals surface area contributed by atoms with Gasteiger partial charge in [-0.15, -0.1) is 0 Å². The molecule has 1 aromatic carbocycles. The van der Waals surface area contributed by atoms with E-state index in [9.17, 15) is 19.2 Å². The van der Waals surface area contributed by atoms with Crippen LogP contribution in [0.5, 0.6) is 0 Å². The molecule has 29 heavy (non-hydrogen) atoms. The zero-order chi connectivity index (χ0) is 21.2. The fraction of sp³-hybridized carbons (Fsp3) is 0.429. The van der Waals surface area contributed by atoms with Crippen LogP contribution in [0.15, 0.2) is 36.0 Å². The maximum Gasteiger partial charge on any atom is 0.355 e. The van der Waals surface area contributed by atoms with Gasteiger partial charge >= 0.3 is 12.0 Å². The number of hydrogen-bond acceptors (Lipinski definition) is 5. The van der Waals surface area contributed by atoms with Crippen LogP contribution in [-0.4, -0.2) is 36.5 Å². The molecule has 2 atom stereocenters. The number of imide groups is 1. The second-order valence-electron chi connectivity index (χ2n) is 7.12. The molecular formula is C21H27N3O5. The van der Waals surface area contributed by atoms with Crippen LogP contribution in [-0.2, 0) is 19.1 Å². The zero-order valence-electron chi connectivity index (χ0n) is 16.7. The Hall–Kier alpha value is -3.16. The van der Waals surface area contributed by atoms with E-state index in [1.807, 2.05) is 6.07 Å². The molecule has 0 saturated heterocycles. The van der Waals surface area contributed by atoms with Crippen LogP contribution >= 0.6 is 0 Å². The number of rotatable bonds is 6. The lowest BCUT2D eigenvalue weighted by molar-refractivity contribution is -0.145. The summed E-state index contributed by atoms with van der Waals surface area (Å²) in [5, 5.41) is 7.34. The summed E-state index contributed by atoms with van der Waals surface area (Å²) in [6.45, 7) is 2.68. The van der Waals surface area contributed by atoms with Crippen LogP contribution in [0.2, 0.25) is 0 Å². The van der Waals surface area contributed by atoms with Crippen LogP contribution < -0.4 is 16.0 Å². The Bertz CT molecular complexity index is 776. The monoisotopic (exact) mass is 401 g/mol. The van der Waals surface area contributed by atoms with Gasteiger partial charge in [-0.05, 0) is 30.4 Å². The highest BCUT2D eigenvalue weighted by Gasteiger charge is 2.23. The highest BCUT2D eigenvalue weighted by molar-refractivity contribution is 6.00. The average Bonchev–Trinajstić information content (AvgIpc) is 2.68. The van der Waals surface area contributed by atoms with Gasteiger partial charge < -0.3 is 15.4 Å². The highest BCUT2D eigenvalue weighted by Crippen LogP contribution is 2.23. The summed E-state index contributed by atoms with van der Waals surface area (Å²) >= 11 is 0. The van der Waals surface area contributed by atoms with Gasteiger partial charge in [0.2, 0.25) is 5.91 Å². The number of nitrogens with one attached hydrogen (secondary N) is 3. The number of hydrogen-bond donors (Lipinski definition) is 3. The Balaban J connectivity index is 1.86. The first kappa shape index (κ1) is 22.1. The zero-order valence-corrected chi connectivity index (χ0v) is 16.7. The van der Waals surface area contributed by atoms with Crippen LogP contribution in [0.4, 0.5) is 4.79 Å². The Morgan fingerprint density at radius 1 is 1.07 bits per heavy atom. The molecule has 156 valence electrons. The van der Waals surface area contributed by atoms with E-state index < -0.39 is 30.4 Å². The summed E-state index contributed by atoms with van der Waals surface area (Å²) in [7, 11) is 0. The van der Waals surface area contributed by atoms with Crippen molar-refractivity contribution in [3.8, 4) is 0 Å². The van der Waals surface area contributed by atoms with Crippen LogP contribution in [0.25, 0.3) is 6.08 Å². The molecule has 1 aliphatic carbocycles. The lowest BCUT2D eigenvalue weighted by Crippen LogP contribution is -2.48. The van der Waals surface area contributed by atoms with E-state index in [1.165, 1.54) is 13.0 Å². The summed E-state index contributed by atoms with van der Waals surface area (Å²) in [4.78, 5) is 47.5. The molecule has 0 heterocycles. The summed E-state index contributed by atoms with van der Waals surface area (Å²) in [6, 6.07) is 8.29. The lowest BCUT2D eigenvalue weighted by atomic mass is 9.86. The fourth-order valence-electron chi connectivity index (χ4n) is 3.16. The smallest absolute Gasteiger partial charge is 0.355 e. The third kappa shape index (κ3) is 7.77. The summed E-state index contributed by atoms with van der Waals surface area (Å²) in [5.74, 6) is -1.72. The molecule has 2 rings (SSSR count). The molecule has 0 aromatic heterocycles. The maximum atomic E-state index is 12.2. The van der Waals surface area contributed by atoms with Gasteiger partial charge in [0.1, 0.15) is 5.70 Å². The van der Waals surface area contributed by atoms with Gasteiger partial charge in [0.25, 0.3) is 5.91 Å². The minimum Gasteiger partial charge on any atom is -0.451 e.